The molecule has 0 radical (unpaired) electrons. The van der Waals surface area contributed by atoms with E-state index in [0.29, 0.717) is 6.04 Å². The molecule has 0 heterocycles. The molecule has 0 aliphatic rings. The third kappa shape index (κ3) is 4.34. The highest BCUT2D eigenvalue weighted by Gasteiger charge is 2.02. The summed E-state index contributed by atoms with van der Waals surface area (Å²) in [6.07, 6.45) is 0. The summed E-state index contributed by atoms with van der Waals surface area (Å²) < 4.78 is 5.67. The van der Waals surface area contributed by atoms with Gasteiger partial charge in [0.1, 0.15) is 12.4 Å². The van der Waals surface area contributed by atoms with Crippen LogP contribution in [0.4, 0.5) is 0 Å². The Morgan fingerprint density at radius 2 is 2.07 bits per heavy atom. The lowest BCUT2D eigenvalue weighted by Gasteiger charge is -2.20. The number of hydrogen-bond donors (Lipinski definition) is 0. The molecule has 0 fully saturated rings. The summed E-state index contributed by atoms with van der Waals surface area (Å²) in [6.45, 7) is 8.16. The van der Waals surface area contributed by atoms with Crippen LogP contribution in [-0.2, 0) is 0 Å². The van der Waals surface area contributed by atoms with E-state index < -0.39 is 0 Å². The zero-order chi connectivity index (χ0) is 11.3. The highest BCUT2D eigenvalue weighted by Crippen LogP contribution is 2.12. The molecule has 1 aromatic rings. The Hall–Kier alpha value is -1.02. The van der Waals surface area contributed by atoms with Crippen molar-refractivity contribution in [2.45, 2.75) is 26.8 Å². The first-order chi connectivity index (χ1) is 7.09. The molecule has 0 N–H and O–H groups in total. The van der Waals surface area contributed by atoms with Crippen molar-refractivity contribution in [3.8, 4) is 5.75 Å². The van der Waals surface area contributed by atoms with Crippen LogP contribution in [0, 0.1) is 6.92 Å². The lowest BCUT2D eigenvalue weighted by atomic mass is 10.2. The number of benzene rings is 1. The fourth-order valence-corrected chi connectivity index (χ4v) is 1.27. The molecule has 15 heavy (non-hydrogen) atoms. The average Bonchev–Trinajstić information content (AvgIpc) is 2.17. The van der Waals surface area contributed by atoms with Gasteiger partial charge in [-0.3, -0.25) is 0 Å². The van der Waals surface area contributed by atoms with Crippen LogP contribution in [0.5, 0.6) is 5.75 Å². The van der Waals surface area contributed by atoms with Gasteiger partial charge in [-0.2, -0.15) is 0 Å². The van der Waals surface area contributed by atoms with E-state index in [1.54, 1.807) is 0 Å². The van der Waals surface area contributed by atoms with Crippen LogP contribution >= 0.6 is 0 Å². The Morgan fingerprint density at radius 3 is 2.67 bits per heavy atom. The molecular formula is C13H21NO. The predicted molar refractivity (Wildman–Crippen MR) is 64.4 cm³/mol. The Bertz CT molecular complexity index is 296. The van der Waals surface area contributed by atoms with Gasteiger partial charge in [-0.15, -0.1) is 0 Å². The third-order valence-electron chi connectivity index (χ3n) is 2.58. The van der Waals surface area contributed by atoms with E-state index in [-0.39, 0.29) is 0 Å². The highest BCUT2D eigenvalue weighted by molar-refractivity contribution is 5.27. The number of likely N-dealkylation sites (N-methyl/N-ethyl adjacent to an activating group) is 1. The van der Waals surface area contributed by atoms with Crippen LogP contribution < -0.4 is 4.74 Å². The molecule has 0 spiro atoms. The largest absolute Gasteiger partial charge is 0.492 e. The van der Waals surface area contributed by atoms with Gasteiger partial charge in [-0.25, -0.2) is 0 Å². The summed E-state index contributed by atoms with van der Waals surface area (Å²) in [5.41, 5.74) is 1.24. The van der Waals surface area contributed by atoms with Gasteiger partial charge in [0, 0.05) is 12.6 Å². The van der Waals surface area contributed by atoms with Crippen molar-refractivity contribution in [2.75, 3.05) is 20.2 Å². The minimum Gasteiger partial charge on any atom is -0.492 e. The summed E-state index contributed by atoms with van der Waals surface area (Å²) >= 11 is 0. The molecule has 0 saturated carbocycles. The summed E-state index contributed by atoms with van der Waals surface area (Å²) in [5, 5.41) is 0. The fraction of sp³-hybridized carbons (Fsp3) is 0.538. The van der Waals surface area contributed by atoms with Gasteiger partial charge in [0.2, 0.25) is 0 Å². The molecule has 0 bridgehead atoms. The van der Waals surface area contributed by atoms with E-state index in [9.17, 15) is 0 Å². The number of rotatable bonds is 5. The second kappa shape index (κ2) is 5.76. The van der Waals surface area contributed by atoms with Crippen molar-refractivity contribution in [3.05, 3.63) is 29.8 Å². The van der Waals surface area contributed by atoms with Crippen molar-refractivity contribution in [1.29, 1.82) is 0 Å². The van der Waals surface area contributed by atoms with E-state index in [1.807, 2.05) is 12.1 Å². The second-order valence-electron chi connectivity index (χ2n) is 4.24. The molecule has 0 saturated heterocycles. The van der Waals surface area contributed by atoms with Crippen molar-refractivity contribution in [1.82, 2.24) is 4.90 Å². The molecule has 0 atom stereocenters. The molecule has 84 valence electrons. The molecule has 1 aromatic carbocycles. The Labute approximate surface area is 92.9 Å². The first-order valence-corrected chi connectivity index (χ1v) is 5.49. The summed E-state index contributed by atoms with van der Waals surface area (Å²) in [6, 6.07) is 8.74. The maximum atomic E-state index is 5.67. The normalized spacial score (nSPS) is 11.1. The summed E-state index contributed by atoms with van der Waals surface area (Å²) in [5.74, 6) is 0.965. The van der Waals surface area contributed by atoms with Gasteiger partial charge < -0.3 is 9.64 Å². The van der Waals surface area contributed by atoms with Gasteiger partial charge in [-0.1, -0.05) is 12.1 Å². The molecule has 0 amide bonds. The maximum absolute atomic E-state index is 5.67. The maximum Gasteiger partial charge on any atom is 0.119 e. The standard InChI is InChI=1S/C13H21NO/c1-11(2)14(4)8-9-15-13-7-5-6-12(3)10-13/h5-7,10-11H,8-9H2,1-4H3. The van der Waals surface area contributed by atoms with Gasteiger partial charge in [-0.05, 0) is 45.5 Å². The first-order valence-electron chi connectivity index (χ1n) is 5.49. The summed E-state index contributed by atoms with van der Waals surface area (Å²) in [7, 11) is 2.12. The Kier molecular flexibility index (Phi) is 4.63. The third-order valence-corrected chi connectivity index (χ3v) is 2.58. The van der Waals surface area contributed by atoms with Gasteiger partial charge in [0.25, 0.3) is 0 Å². The topological polar surface area (TPSA) is 12.5 Å². The number of nitrogens with zero attached hydrogens (tertiary/aromatic N) is 1. The smallest absolute Gasteiger partial charge is 0.119 e. The van der Waals surface area contributed by atoms with Crippen LogP contribution in [0.25, 0.3) is 0 Å². The molecule has 0 aliphatic carbocycles. The molecule has 1 rings (SSSR count). The van der Waals surface area contributed by atoms with Crippen molar-refractivity contribution >= 4 is 0 Å². The Balaban J connectivity index is 2.32. The number of ether oxygens (including phenoxy) is 1. The minimum absolute atomic E-state index is 0.575. The van der Waals surface area contributed by atoms with Crippen molar-refractivity contribution < 1.29 is 4.74 Å². The van der Waals surface area contributed by atoms with Crippen LogP contribution in [0.1, 0.15) is 19.4 Å². The van der Waals surface area contributed by atoms with Gasteiger partial charge in [0.15, 0.2) is 0 Å². The molecular weight excluding hydrogens is 186 g/mol. The highest BCUT2D eigenvalue weighted by atomic mass is 16.5. The minimum atomic E-state index is 0.575. The van der Waals surface area contributed by atoms with E-state index in [4.69, 9.17) is 4.74 Å². The summed E-state index contributed by atoms with van der Waals surface area (Å²) in [4.78, 5) is 2.27. The van der Waals surface area contributed by atoms with Crippen LogP contribution in [0.15, 0.2) is 24.3 Å². The Morgan fingerprint density at radius 1 is 1.33 bits per heavy atom. The van der Waals surface area contributed by atoms with Gasteiger partial charge >= 0.3 is 0 Å². The van der Waals surface area contributed by atoms with Crippen LogP contribution in [-0.4, -0.2) is 31.1 Å². The molecule has 2 nitrogen and oxygen atoms in total. The lowest BCUT2D eigenvalue weighted by molar-refractivity contribution is 0.208. The van der Waals surface area contributed by atoms with E-state index in [0.717, 1.165) is 18.9 Å². The lowest BCUT2D eigenvalue weighted by Crippen LogP contribution is -2.30. The first kappa shape index (κ1) is 12.1. The molecule has 2 heteroatoms. The molecule has 0 unspecified atom stereocenters. The monoisotopic (exact) mass is 207 g/mol. The zero-order valence-electron chi connectivity index (χ0n) is 10.2. The zero-order valence-corrected chi connectivity index (χ0v) is 10.2. The van der Waals surface area contributed by atoms with E-state index >= 15 is 0 Å². The average molecular weight is 207 g/mol. The van der Waals surface area contributed by atoms with Gasteiger partial charge in [0.05, 0.1) is 0 Å². The second-order valence-corrected chi connectivity index (χ2v) is 4.24. The van der Waals surface area contributed by atoms with Crippen molar-refractivity contribution in [3.63, 3.8) is 0 Å². The number of aryl methyl sites for hydroxylation is 1. The SMILES string of the molecule is Cc1cccc(OCCN(C)C(C)C)c1. The van der Waals surface area contributed by atoms with Crippen LogP contribution in [0.2, 0.25) is 0 Å². The number of hydrogen-bond acceptors (Lipinski definition) is 2. The molecule has 0 aliphatic heterocycles. The van der Waals surface area contributed by atoms with Crippen molar-refractivity contribution in [2.24, 2.45) is 0 Å². The van der Waals surface area contributed by atoms with E-state index in [2.05, 4.69) is 44.9 Å². The quantitative estimate of drug-likeness (QED) is 0.736. The molecule has 0 aromatic heterocycles. The predicted octanol–water partition coefficient (Wildman–Crippen LogP) is 2.71. The van der Waals surface area contributed by atoms with E-state index in [1.165, 1.54) is 5.56 Å². The van der Waals surface area contributed by atoms with Crippen LogP contribution in [0.3, 0.4) is 0 Å². The fourth-order valence-electron chi connectivity index (χ4n) is 1.27.